The van der Waals surface area contributed by atoms with Crippen LogP contribution in [0.15, 0.2) is 0 Å². The molecule has 0 radical (unpaired) electrons. The summed E-state index contributed by atoms with van der Waals surface area (Å²) < 4.78 is 0. The maximum absolute atomic E-state index is 10.5. The van der Waals surface area contributed by atoms with Gasteiger partial charge in [0.05, 0.1) is 0 Å². The predicted octanol–water partition coefficient (Wildman–Crippen LogP) is 2.70. The van der Waals surface area contributed by atoms with Crippen LogP contribution in [-0.2, 0) is 4.79 Å². The fourth-order valence-corrected chi connectivity index (χ4v) is 1.70. The summed E-state index contributed by atoms with van der Waals surface area (Å²) in [4.78, 5) is 10.5. The van der Waals surface area contributed by atoms with E-state index in [-0.39, 0.29) is 5.12 Å². The molecule has 0 heterocycles. The zero-order valence-electron chi connectivity index (χ0n) is 7.02. The number of carbonyl (C=O) groups excluding carboxylic acids is 1. The first-order chi connectivity index (χ1) is 4.70. The fraction of sp³-hybridized carbons (Fsp3) is 0.875. The lowest BCUT2D eigenvalue weighted by Gasteiger charge is -2.08. The van der Waals surface area contributed by atoms with Crippen molar-refractivity contribution in [2.75, 3.05) is 5.75 Å². The molecule has 0 aromatic heterocycles. The number of carbonyl (C=O) groups is 1. The van der Waals surface area contributed by atoms with Crippen LogP contribution in [0.1, 0.15) is 33.6 Å². The van der Waals surface area contributed by atoms with Gasteiger partial charge in [-0.1, -0.05) is 38.5 Å². The third-order valence-electron chi connectivity index (χ3n) is 1.68. The fourth-order valence-electron chi connectivity index (χ4n) is 0.760. The Hall–Kier alpha value is 0.0200. The largest absolute Gasteiger partial charge is 0.288 e. The van der Waals surface area contributed by atoms with Gasteiger partial charge >= 0.3 is 0 Å². The SMILES string of the molecule is CCC(CC)CSC(C)=O. The minimum Gasteiger partial charge on any atom is -0.288 e. The zero-order valence-corrected chi connectivity index (χ0v) is 7.83. The van der Waals surface area contributed by atoms with Crippen LogP contribution in [0.5, 0.6) is 0 Å². The summed E-state index contributed by atoms with van der Waals surface area (Å²) in [6, 6.07) is 0. The van der Waals surface area contributed by atoms with E-state index in [2.05, 4.69) is 13.8 Å². The van der Waals surface area contributed by atoms with Gasteiger partial charge in [-0.2, -0.15) is 0 Å². The maximum atomic E-state index is 10.5. The first-order valence-electron chi connectivity index (χ1n) is 3.84. The van der Waals surface area contributed by atoms with Gasteiger partial charge < -0.3 is 0 Å². The molecule has 0 aromatic carbocycles. The summed E-state index contributed by atoms with van der Waals surface area (Å²) in [7, 11) is 0. The normalized spacial score (nSPS) is 10.4. The quantitative estimate of drug-likeness (QED) is 0.629. The lowest BCUT2D eigenvalue weighted by molar-refractivity contribution is -0.109. The van der Waals surface area contributed by atoms with Crippen molar-refractivity contribution in [2.24, 2.45) is 5.92 Å². The van der Waals surface area contributed by atoms with Crippen LogP contribution >= 0.6 is 11.8 Å². The van der Waals surface area contributed by atoms with Crippen LogP contribution in [0.2, 0.25) is 0 Å². The summed E-state index contributed by atoms with van der Waals surface area (Å²) in [6.45, 7) is 5.98. The van der Waals surface area contributed by atoms with Crippen molar-refractivity contribution in [1.29, 1.82) is 0 Å². The topological polar surface area (TPSA) is 17.1 Å². The van der Waals surface area contributed by atoms with E-state index in [4.69, 9.17) is 0 Å². The van der Waals surface area contributed by atoms with Crippen LogP contribution in [0.4, 0.5) is 0 Å². The molecule has 0 atom stereocenters. The van der Waals surface area contributed by atoms with E-state index < -0.39 is 0 Å². The standard InChI is InChI=1S/C8H16OS/c1-4-8(5-2)6-10-7(3)9/h8H,4-6H2,1-3H3. The highest BCUT2D eigenvalue weighted by molar-refractivity contribution is 8.13. The third kappa shape index (κ3) is 4.86. The summed E-state index contributed by atoms with van der Waals surface area (Å²) in [6.07, 6.45) is 2.38. The molecule has 0 rings (SSSR count). The molecule has 0 fully saturated rings. The molecule has 0 spiro atoms. The summed E-state index contributed by atoms with van der Waals surface area (Å²) in [5.74, 6) is 1.73. The Bertz CT molecular complexity index is 97.4. The lowest BCUT2D eigenvalue weighted by Crippen LogP contribution is -2.01. The predicted molar refractivity (Wildman–Crippen MR) is 47.2 cm³/mol. The second-order valence-electron chi connectivity index (χ2n) is 2.49. The van der Waals surface area contributed by atoms with Gasteiger partial charge in [-0.3, -0.25) is 4.79 Å². The van der Waals surface area contributed by atoms with Gasteiger partial charge in [-0.15, -0.1) is 0 Å². The van der Waals surface area contributed by atoms with Gasteiger partial charge in [-0.05, 0) is 5.92 Å². The molecule has 2 heteroatoms. The molecule has 0 bridgehead atoms. The van der Waals surface area contributed by atoms with Gasteiger partial charge in [0, 0.05) is 12.7 Å². The van der Waals surface area contributed by atoms with E-state index in [1.807, 2.05) is 0 Å². The Balaban J connectivity index is 3.34. The molecule has 0 unspecified atom stereocenters. The second-order valence-corrected chi connectivity index (χ2v) is 3.68. The average Bonchev–Trinajstić information content (AvgIpc) is 1.90. The summed E-state index contributed by atoms with van der Waals surface area (Å²) in [5.41, 5.74) is 0. The van der Waals surface area contributed by atoms with E-state index in [9.17, 15) is 4.79 Å². The van der Waals surface area contributed by atoms with E-state index in [1.165, 1.54) is 24.6 Å². The van der Waals surface area contributed by atoms with Crippen molar-refractivity contribution in [2.45, 2.75) is 33.6 Å². The van der Waals surface area contributed by atoms with Crippen molar-refractivity contribution >= 4 is 16.9 Å². The highest BCUT2D eigenvalue weighted by atomic mass is 32.2. The minimum atomic E-state index is 0.243. The molecule has 0 aliphatic heterocycles. The van der Waals surface area contributed by atoms with E-state index in [1.54, 1.807) is 6.92 Å². The van der Waals surface area contributed by atoms with E-state index in [0.29, 0.717) is 0 Å². The Morgan fingerprint density at radius 3 is 2.20 bits per heavy atom. The Morgan fingerprint density at radius 1 is 1.40 bits per heavy atom. The van der Waals surface area contributed by atoms with Crippen LogP contribution in [0.25, 0.3) is 0 Å². The molecule has 0 aliphatic rings. The molecular weight excluding hydrogens is 144 g/mol. The molecule has 0 aliphatic carbocycles. The van der Waals surface area contributed by atoms with Crippen LogP contribution in [0, 0.1) is 5.92 Å². The number of hydrogen-bond donors (Lipinski definition) is 0. The molecule has 0 amide bonds. The van der Waals surface area contributed by atoms with Gasteiger partial charge in [0.2, 0.25) is 0 Å². The molecule has 0 saturated carbocycles. The number of thioether (sulfide) groups is 1. The van der Waals surface area contributed by atoms with Crippen LogP contribution < -0.4 is 0 Å². The Labute approximate surface area is 67.6 Å². The van der Waals surface area contributed by atoms with Gasteiger partial charge in [-0.25, -0.2) is 0 Å². The first kappa shape index (κ1) is 10.0. The summed E-state index contributed by atoms with van der Waals surface area (Å²) >= 11 is 1.45. The molecule has 60 valence electrons. The first-order valence-corrected chi connectivity index (χ1v) is 4.82. The molecular formula is C8H16OS. The zero-order chi connectivity index (χ0) is 7.98. The second kappa shape index (κ2) is 5.78. The van der Waals surface area contributed by atoms with Crippen molar-refractivity contribution < 1.29 is 4.79 Å². The number of hydrogen-bond acceptors (Lipinski definition) is 2. The Kier molecular flexibility index (Phi) is 5.79. The van der Waals surface area contributed by atoms with Gasteiger partial charge in [0.15, 0.2) is 5.12 Å². The molecule has 0 N–H and O–H groups in total. The van der Waals surface area contributed by atoms with E-state index >= 15 is 0 Å². The molecule has 0 aromatic rings. The van der Waals surface area contributed by atoms with E-state index in [0.717, 1.165) is 11.7 Å². The monoisotopic (exact) mass is 160 g/mol. The maximum Gasteiger partial charge on any atom is 0.185 e. The highest BCUT2D eigenvalue weighted by Crippen LogP contribution is 2.15. The van der Waals surface area contributed by atoms with Gasteiger partial charge in [0.1, 0.15) is 0 Å². The lowest BCUT2D eigenvalue weighted by atomic mass is 10.1. The number of rotatable bonds is 4. The molecule has 0 saturated heterocycles. The molecule has 10 heavy (non-hydrogen) atoms. The van der Waals surface area contributed by atoms with Crippen molar-refractivity contribution in [3.8, 4) is 0 Å². The third-order valence-corrected chi connectivity index (χ3v) is 2.72. The highest BCUT2D eigenvalue weighted by Gasteiger charge is 2.04. The Morgan fingerprint density at radius 2 is 1.90 bits per heavy atom. The average molecular weight is 160 g/mol. The minimum absolute atomic E-state index is 0.243. The van der Waals surface area contributed by atoms with Gasteiger partial charge in [0.25, 0.3) is 0 Å². The molecule has 1 nitrogen and oxygen atoms in total. The van der Waals surface area contributed by atoms with Crippen LogP contribution in [-0.4, -0.2) is 10.9 Å². The summed E-state index contributed by atoms with van der Waals surface area (Å²) in [5, 5.41) is 0.243. The smallest absolute Gasteiger partial charge is 0.185 e. The van der Waals surface area contributed by atoms with Crippen molar-refractivity contribution in [3.05, 3.63) is 0 Å². The van der Waals surface area contributed by atoms with Crippen molar-refractivity contribution in [1.82, 2.24) is 0 Å². The van der Waals surface area contributed by atoms with Crippen LogP contribution in [0.3, 0.4) is 0 Å². The van der Waals surface area contributed by atoms with Crippen molar-refractivity contribution in [3.63, 3.8) is 0 Å².